The molecule has 2 aliphatic rings. The number of nitrogens with zero attached hydrogens (tertiary/aromatic N) is 1. The molecular weight excluding hydrogens is 419 g/mol. The number of hydrogen-bond donors (Lipinski definition) is 1. The van der Waals surface area contributed by atoms with E-state index in [1.54, 1.807) is 23.1 Å². The van der Waals surface area contributed by atoms with E-state index in [0.29, 0.717) is 24.5 Å². The Balaban J connectivity index is 1.26. The molecule has 0 radical (unpaired) electrons. The van der Waals surface area contributed by atoms with E-state index in [-0.39, 0.29) is 23.2 Å². The van der Waals surface area contributed by atoms with Crippen molar-refractivity contribution in [3.8, 4) is 0 Å². The maximum absolute atomic E-state index is 13.1. The zero-order chi connectivity index (χ0) is 21.0. The summed E-state index contributed by atoms with van der Waals surface area (Å²) in [6, 6.07) is 8.73. The van der Waals surface area contributed by atoms with E-state index in [1.165, 1.54) is 17.7 Å². The van der Waals surface area contributed by atoms with Crippen LogP contribution in [0.1, 0.15) is 44.1 Å². The minimum absolute atomic E-state index is 0.0938. The zero-order valence-corrected chi connectivity index (χ0v) is 18.6. The Hall–Kier alpha value is -1.86. The molecular formula is C23H27FN2O2S2. The molecule has 0 aliphatic carbocycles. The summed E-state index contributed by atoms with van der Waals surface area (Å²) >= 11 is 3.43. The lowest BCUT2D eigenvalue weighted by Gasteiger charge is -2.34. The number of piperidine rings is 1. The van der Waals surface area contributed by atoms with Gasteiger partial charge in [-0.15, -0.1) is 11.8 Å². The average molecular weight is 447 g/mol. The van der Waals surface area contributed by atoms with Crippen molar-refractivity contribution in [1.29, 1.82) is 0 Å². The van der Waals surface area contributed by atoms with Gasteiger partial charge in [0.05, 0.1) is 0 Å². The summed E-state index contributed by atoms with van der Waals surface area (Å²) in [5, 5.41) is 7.80. The third kappa shape index (κ3) is 5.43. The molecule has 1 N–H and O–H groups in total. The quantitative estimate of drug-likeness (QED) is 0.674. The third-order valence-corrected chi connectivity index (χ3v) is 8.17. The molecule has 3 heterocycles. The fourth-order valence-electron chi connectivity index (χ4n) is 4.40. The van der Waals surface area contributed by atoms with Crippen LogP contribution in [-0.2, 0) is 16.0 Å². The van der Waals surface area contributed by atoms with Crippen LogP contribution in [0.4, 0.5) is 4.39 Å². The molecule has 30 heavy (non-hydrogen) atoms. The maximum Gasteiger partial charge on any atom is 0.222 e. The van der Waals surface area contributed by atoms with Crippen LogP contribution in [0.2, 0.25) is 0 Å². The van der Waals surface area contributed by atoms with Crippen LogP contribution in [0.5, 0.6) is 0 Å². The number of likely N-dealkylation sites (tertiary alicyclic amines) is 1. The molecule has 2 fully saturated rings. The summed E-state index contributed by atoms with van der Waals surface area (Å²) in [7, 11) is 0. The van der Waals surface area contributed by atoms with Gasteiger partial charge in [-0.05, 0) is 78.8 Å². The fraction of sp³-hybridized carbons (Fsp3) is 0.478. The lowest BCUT2D eigenvalue weighted by atomic mass is 9.85. The second kappa shape index (κ2) is 9.52. The van der Waals surface area contributed by atoms with Gasteiger partial charge in [-0.2, -0.15) is 11.3 Å². The van der Waals surface area contributed by atoms with Crippen molar-refractivity contribution in [2.45, 2.75) is 60.6 Å². The minimum atomic E-state index is -0.287. The molecule has 2 saturated heterocycles. The topological polar surface area (TPSA) is 49.4 Å². The Labute approximate surface area is 185 Å². The van der Waals surface area contributed by atoms with E-state index >= 15 is 0 Å². The Bertz CT molecular complexity index is 864. The molecule has 2 aromatic rings. The number of carbonyl (C=O) groups is 2. The van der Waals surface area contributed by atoms with E-state index in [9.17, 15) is 14.0 Å². The average Bonchev–Trinajstić information content (AvgIpc) is 3.39. The van der Waals surface area contributed by atoms with Crippen LogP contribution in [0.3, 0.4) is 0 Å². The molecule has 0 saturated carbocycles. The summed E-state index contributed by atoms with van der Waals surface area (Å²) in [6.07, 6.45) is 5.20. The molecule has 1 atom stereocenters. The highest BCUT2D eigenvalue weighted by Crippen LogP contribution is 2.33. The summed E-state index contributed by atoms with van der Waals surface area (Å²) in [5.41, 5.74) is 0.943. The van der Waals surface area contributed by atoms with Gasteiger partial charge in [-0.25, -0.2) is 4.39 Å². The fourth-order valence-corrected chi connectivity index (χ4v) is 6.19. The molecule has 4 nitrogen and oxygen atoms in total. The normalized spacial score (nSPS) is 22.3. The highest BCUT2D eigenvalue weighted by atomic mass is 32.2. The number of thioether (sulfide) groups is 1. The molecule has 4 rings (SSSR count). The van der Waals surface area contributed by atoms with E-state index in [0.717, 1.165) is 43.7 Å². The first-order valence-electron chi connectivity index (χ1n) is 10.5. The number of halogens is 1. The largest absolute Gasteiger partial charge is 0.350 e. The number of hydrogen-bond acceptors (Lipinski definition) is 4. The van der Waals surface area contributed by atoms with Crippen molar-refractivity contribution in [2.75, 3.05) is 13.1 Å². The second-order valence-electron chi connectivity index (χ2n) is 8.29. The van der Waals surface area contributed by atoms with Crippen LogP contribution in [0.25, 0.3) is 0 Å². The van der Waals surface area contributed by atoms with Crippen molar-refractivity contribution in [1.82, 2.24) is 10.2 Å². The Morgan fingerprint density at radius 1 is 1.23 bits per heavy atom. The van der Waals surface area contributed by atoms with Crippen molar-refractivity contribution in [3.05, 3.63) is 52.5 Å². The van der Waals surface area contributed by atoms with Gasteiger partial charge in [-0.1, -0.05) is 0 Å². The Kier molecular flexibility index (Phi) is 6.78. The van der Waals surface area contributed by atoms with E-state index in [4.69, 9.17) is 0 Å². The zero-order valence-electron chi connectivity index (χ0n) is 16.9. The van der Waals surface area contributed by atoms with E-state index in [1.807, 2.05) is 17.0 Å². The van der Waals surface area contributed by atoms with Gasteiger partial charge in [-0.3, -0.25) is 9.59 Å². The number of amides is 2. The number of nitrogens with one attached hydrogen (secondary N) is 1. The summed E-state index contributed by atoms with van der Waals surface area (Å²) < 4.78 is 13.1. The van der Waals surface area contributed by atoms with Gasteiger partial charge < -0.3 is 10.2 Å². The predicted octanol–water partition coefficient (Wildman–Crippen LogP) is 4.64. The lowest BCUT2D eigenvalue weighted by molar-refractivity contribution is -0.132. The van der Waals surface area contributed by atoms with Crippen molar-refractivity contribution >= 4 is 34.9 Å². The van der Waals surface area contributed by atoms with Crippen molar-refractivity contribution in [3.63, 3.8) is 0 Å². The van der Waals surface area contributed by atoms with Gasteiger partial charge in [0, 0.05) is 41.6 Å². The van der Waals surface area contributed by atoms with Gasteiger partial charge in [0.2, 0.25) is 11.8 Å². The van der Waals surface area contributed by atoms with Crippen LogP contribution >= 0.6 is 23.1 Å². The third-order valence-electron chi connectivity index (χ3n) is 6.09. The SMILES string of the molecule is O=C1CC[C@@](CCC(=O)N2CCC(Sc3ccc(F)cc3)CC2)(Cc2ccsc2)N1. The van der Waals surface area contributed by atoms with Gasteiger partial charge >= 0.3 is 0 Å². The smallest absolute Gasteiger partial charge is 0.222 e. The number of benzene rings is 1. The molecule has 2 amide bonds. The number of rotatable bonds is 7. The summed E-state index contributed by atoms with van der Waals surface area (Å²) in [4.78, 5) is 27.8. The van der Waals surface area contributed by atoms with Crippen LogP contribution in [-0.4, -0.2) is 40.6 Å². The molecule has 7 heteroatoms. The Morgan fingerprint density at radius 3 is 2.63 bits per heavy atom. The van der Waals surface area contributed by atoms with Crippen LogP contribution in [0.15, 0.2) is 46.0 Å². The van der Waals surface area contributed by atoms with Crippen molar-refractivity contribution < 1.29 is 14.0 Å². The summed E-state index contributed by atoms with van der Waals surface area (Å²) in [6.45, 7) is 1.53. The van der Waals surface area contributed by atoms with Crippen LogP contribution in [0, 0.1) is 5.82 Å². The van der Waals surface area contributed by atoms with E-state index in [2.05, 4.69) is 22.1 Å². The minimum Gasteiger partial charge on any atom is -0.350 e. The predicted molar refractivity (Wildman–Crippen MR) is 119 cm³/mol. The highest BCUT2D eigenvalue weighted by molar-refractivity contribution is 8.00. The van der Waals surface area contributed by atoms with Crippen molar-refractivity contribution in [2.24, 2.45) is 0 Å². The molecule has 0 spiro atoms. The number of thiophene rings is 1. The summed E-state index contributed by atoms with van der Waals surface area (Å²) in [5.74, 6) is 0.0670. The monoisotopic (exact) mass is 446 g/mol. The maximum atomic E-state index is 13.1. The lowest BCUT2D eigenvalue weighted by Crippen LogP contribution is -2.45. The molecule has 1 aromatic carbocycles. The first kappa shape index (κ1) is 21.4. The second-order valence-corrected chi connectivity index (χ2v) is 10.4. The van der Waals surface area contributed by atoms with Gasteiger partial charge in [0.1, 0.15) is 5.82 Å². The molecule has 0 unspecified atom stereocenters. The molecule has 0 bridgehead atoms. The van der Waals surface area contributed by atoms with E-state index < -0.39 is 0 Å². The highest BCUT2D eigenvalue weighted by Gasteiger charge is 2.38. The van der Waals surface area contributed by atoms with Crippen LogP contribution < -0.4 is 5.32 Å². The Morgan fingerprint density at radius 2 is 2.00 bits per heavy atom. The molecule has 160 valence electrons. The molecule has 2 aliphatic heterocycles. The molecule has 1 aromatic heterocycles. The van der Waals surface area contributed by atoms with Gasteiger partial charge in [0.25, 0.3) is 0 Å². The first-order chi connectivity index (χ1) is 14.5. The standard InChI is InChI=1S/C23H27FN2O2S2/c24-18-1-3-19(4-2-18)30-20-7-12-26(13-8-20)22(28)6-11-23(10-5-21(27)25-23)15-17-9-14-29-16-17/h1-4,9,14,16,20H,5-8,10-13,15H2,(H,25,27)/t23-/m1/s1. The van der Waals surface area contributed by atoms with Gasteiger partial charge in [0.15, 0.2) is 0 Å². The number of carbonyl (C=O) groups excluding carboxylic acids is 2. The first-order valence-corrected chi connectivity index (χ1v) is 12.4.